The maximum atomic E-state index is 5.93. The molecule has 1 rings (SSSR count). The van der Waals surface area contributed by atoms with Crippen molar-refractivity contribution in [3.63, 3.8) is 0 Å². The Bertz CT molecular complexity index is 196. The first-order valence-corrected chi connectivity index (χ1v) is 7.28. The Hall–Kier alpha value is -0.300. The van der Waals surface area contributed by atoms with E-state index in [9.17, 15) is 0 Å². The zero-order valence-corrected chi connectivity index (χ0v) is 11.0. The van der Waals surface area contributed by atoms with Crippen molar-refractivity contribution >= 4 is 0 Å². The summed E-state index contributed by atoms with van der Waals surface area (Å²) in [6.07, 6.45) is 17.3. The third-order valence-electron chi connectivity index (χ3n) is 3.59. The van der Waals surface area contributed by atoms with Crippen LogP contribution in [0.1, 0.15) is 77.6 Å². The summed E-state index contributed by atoms with van der Waals surface area (Å²) in [6, 6.07) is 0.355. The predicted octanol–water partition coefficient (Wildman–Crippen LogP) is 4.56. The van der Waals surface area contributed by atoms with Crippen LogP contribution < -0.4 is 5.73 Å². The third kappa shape index (κ3) is 6.32. The van der Waals surface area contributed by atoms with Crippen LogP contribution in [0.2, 0.25) is 0 Å². The highest BCUT2D eigenvalue weighted by Gasteiger charge is 2.08. The molecule has 1 aliphatic rings. The molecule has 0 aliphatic heterocycles. The molecule has 0 aromatic carbocycles. The van der Waals surface area contributed by atoms with Crippen LogP contribution >= 0.6 is 0 Å². The Kier molecular flexibility index (Phi) is 7.58. The van der Waals surface area contributed by atoms with Gasteiger partial charge >= 0.3 is 0 Å². The second-order valence-corrected chi connectivity index (χ2v) is 5.25. The molecule has 2 N–H and O–H groups in total. The lowest BCUT2D eigenvalue weighted by molar-refractivity contribution is 0.566. The van der Waals surface area contributed by atoms with Gasteiger partial charge in [-0.2, -0.15) is 0 Å². The lowest BCUT2D eigenvalue weighted by atomic mass is 9.92. The van der Waals surface area contributed by atoms with Crippen molar-refractivity contribution in [3.05, 3.63) is 11.6 Å². The first-order chi connectivity index (χ1) is 7.83. The highest BCUT2D eigenvalue weighted by Crippen LogP contribution is 2.22. The van der Waals surface area contributed by atoms with Crippen LogP contribution in [0.5, 0.6) is 0 Å². The van der Waals surface area contributed by atoms with E-state index < -0.39 is 0 Å². The molecule has 0 aromatic rings. The van der Waals surface area contributed by atoms with E-state index in [2.05, 4.69) is 13.0 Å². The summed E-state index contributed by atoms with van der Waals surface area (Å²) in [5.74, 6) is 0. The van der Waals surface area contributed by atoms with E-state index in [1.165, 1.54) is 70.6 Å². The highest BCUT2D eigenvalue weighted by molar-refractivity contribution is 5.09. The zero-order valence-electron chi connectivity index (χ0n) is 11.0. The molecule has 0 bridgehead atoms. The fourth-order valence-electron chi connectivity index (χ4n) is 2.55. The molecule has 0 aromatic heterocycles. The zero-order chi connectivity index (χ0) is 11.6. The monoisotopic (exact) mass is 223 g/mol. The molecule has 0 saturated heterocycles. The van der Waals surface area contributed by atoms with Crippen LogP contribution in [0.25, 0.3) is 0 Å². The Morgan fingerprint density at radius 2 is 1.81 bits per heavy atom. The molecule has 1 unspecified atom stereocenters. The molecule has 0 amide bonds. The molecule has 94 valence electrons. The lowest BCUT2D eigenvalue weighted by Crippen LogP contribution is -2.20. The van der Waals surface area contributed by atoms with Crippen molar-refractivity contribution < 1.29 is 0 Å². The van der Waals surface area contributed by atoms with Gasteiger partial charge < -0.3 is 5.73 Å². The summed E-state index contributed by atoms with van der Waals surface area (Å²) < 4.78 is 0. The van der Waals surface area contributed by atoms with Crippen LogP contribution in [0.15, 0.2) is 11.6 Å². The SMILES string of the molecule is CCCCCCCCCC1=CC(N)CCC1. The van der Waals surface area contributed by atoms with Crippen molar-refractivity contribution in [1.82, 2.24) is 0 Å². The van der Waals surface area contributed by atoms with Gasteiger partial charge in [0.1, 0.15) is 0 Å². The summed E-state index contributed by atoms with van der Waals surface area (Å²) in [5, 5.41) is 0. The molecule has 0 saturated carbocycles. The summed E-state index contributed by atoms with van der Waals surface area (Å²) in [5.41, 5.74) is 7.57. The Balaban J connectivity index is 1.94. The molecule has 1 atom stereocenters. The average Bonchev–Trinajstić information content (AvgIpc) is 2.28. The predicted molar refractivity (Wildman–Crippen MR) is 72.5 cm³/mol. The van der Waals surface area contributed by atoms with Gasteiger partial charge in [-0.15, -0.1) is 0 Å². The fraction of sp³-hybridized carbons (Fsp3) is 0.867. The molecular formula is C15H29N. The van der Waals surface area contributed by atoms with Gasteiger partial charge in [0.05, 0.1) is 0 Å². The lowest BCUT2D eigenvalue weighted by Gasteiger charge is -2.17. The minimum absolute atomic E-state index is 0.355. The van der Waals surface area contributed by atoms with Gasteiger partial charge in [-0.25, -0.2) is 0 Å². The Morgan fingerprint density at radius 3 is 2.50 bits per heavy atom. The maximum Gasteiger partial charge on any atom is 0.0226 e. The van der Waals surface area contributed by atoms with Gasteiger partial charge in [-0.1, -0.05) is 57.1 Å². The van der Waals surface area contributed by atoms with E-state index in [1.54, 1.807) is 5.57 Å². The van der Waals surface area contributed by atoms with E-state index in [1.807, 2.05) is 0 Å². The Labute approximate surface area is 101 Å². The average molecular weight is 223 g/mol. The molecule has 0 spiro atoms. The highest BCUT2D eigenvalue weighted by atomic mass is 14.6. The van der Waals surface area contributed by atoms with Crippen LogP contribution in [0.4, 0.5) is 0 Å². The van der Waals surface area contributed by atoms with Gasteiger partial charge in [0.25, 0.3) is 0 Å². The number of hydrogen-bond acceptors (Lipinski definition) is 1. The van der Waals surface area contributed by atoms with E-state index in [-0.39, 0.29) is 0 Å². The van der Waals surface area contributed by atoms with Gasteiger partial charge in [0.2, 0.25) is 0 Å². The van der Waals surface area contributed by atoms with Gasteiger partial charge in [-0.05, 0) is 32.1 Å². The molecule has 1 aliphatic carbocycles. The number of hydrogen-bond donors (Lipinski definition) is 1. The third-order valence-corrected chi connectivity index (χ3v) is 3.59. The van der Waals surface area contributed by atoms with Gasteiger partial charge in [0, 0.05) is 6.04 Å². The van der Waals surface area contributed by atoms with Crippen molar-refractivity contribution in [1.29, 1.82) is 0 Å². The van der Waals surface area contributed by atoms with Crippen LogP contribution in [-0.2, 0) is 0 Å². The standard InChI is InChI=1S/C15H29N/c1-2-3-4-5-6-7-8-10-14-11-9-12-15(16)13-14/h13,15H,2-12,16H2,1H3. The number of nitrogens with two attached hydrogens (primary N) is 1. The molecule has 0 fully saturated rings. The fourth-order valence-corrected chi connectivity index (χ4v) is 2.55. The normalized spacial score (nSPS) is 20.9. The van der Waals surface area contributed by atoms with E-state index in [4.69, 9.17) is 5.73 Å². The van der Waals surface area contributed by atoms with Crippen molar-refractivity contribution in [2.75, 3.05) is 0 Å². The number of rotatable bonds is 8. The minimum atomic E-state index is 0.355. The molecule has 16 heavy (non-hydrogen) atoms. The second kappa shape index (κ2) is 8.81. The Morgan fingerprint density at radius 1 is 1.12 bits per heavy atom. The molecular weight excluding hydrogens is 194 g/mol. The quantitative estimate of drug-likeness (QED) is 0.473. The number of allylic oxidation sites excluding steroid dienone is 1. The van der Waals surface area contributed by atoms with Crippen LogP contribution in [-0.4, -0.2) is 6.04 Å². The molecule has 1 heteroatoms. The van der Waals surface area contributed by atoms with Gasteiger partial charge in [-0.3, -0.25) is 0 Å². The van der Waals surface area contributed by atoms with E-state index in [0.717, 1.165) is 0 Å². The van der Waals surface area contributed by atoms with Crippen molar-refractivity contribution in [2.45, 2.75) is 83.6 Å². The molecule has 1 nitrogen and oxygen atoms in total. The van der Waals surface area contributed by atoms with E-state index >= 15 is 0 Å². The molecule has 0 heterocycles. The first kappa shape index (κ1) is 13.8. The summed E-state index contributed by atoms with van der Waals surface area (Å²) in [4.78, 5) is 0. The second-order valence-electron chi connectivity index (χ2n) is 5.25. The van der Waals surface area contributed by atoms with Gasteiger partial charge in [0.15, 0.2) is 0 Å². The van der Waals surface area contributed by atoms with Crippen LogP contribution in [0.3, 0.4) is 0 Å². The van der Waals surface area contributed by atoms with Crippen molar-refractivity contribution in [2.24, 2.45) is 5.73 Å². The largest absolute Gasteiger partial charge is 0.324 e. The van der Waals surface area contributed by atoms with E-state index in [0.29, 0.717) is 6.04 Å². The maximum absolute atomic E-state index is 5.93. The summed E-state index contributed by atoms with van der Waals surface area (Å²) in [6.45, 7) is 2.28. The van der Waals surface area contributed by atoms with Crippen LogP contribution in [0, 0.1) is 0 Å². The van der Waals surface area contributed by atoms with Crippen molar-refractivity contribution in [3.8, 4) is 0 Å². The minimum Gasteiger partial charge on any atom is -0.324 e. The summed E-state index contributed by atoms with van der Waals surface area (Å²) in [7, 11) is 0. The number of unbranched alkanes of at least 4 members (excludes halogenated alkanes) is 6. The first-order valence-electron chi connectivity index (χ1n) is 7.28. The molecule has 0 radical (unpaired) electrons. The topological polar surface area (TPSA) is 26.0 Å². The summed E-state index contributed by atoms with van der Waals surface area (Å²) >= 11 is 0. The smallest absolute Gasteiger partial charge is 0.0226 e.